The van der Waals surface area contributed by atoms with Crippen molar-refractivity contribution in [3.05, 3.63) is 71.3 Å². The second-order valence-electron chi connectivity index (χ2n) is 8.60. The van der Waals surface area contributed by atoms with Crippen LogP contribution in [0.15, 0.2) is 54.6 Å². The highest BCUT2D eigenvalue weighted by molar-refractivity contribution is 6.14. The molecule has 174 valence electrons. The van der Waals surface area contributed by atoms with Gasteiger partial charge in [-0.15, -0.1) is 0 Å². The van der Waals surface area contributed by atoms with Gasteiger partial charge in [0.2, 0.25) is 0 Å². The van der Waals surface area contributed by atoms with Gasteiger partial charge in [0.25, 0.3) is 11.8 Å². The molecule has 0 spiro atoms. The van der Waals surface area contributed by atoms with E-state index in [2.05, 4.69) is 5.32 Å². The quantitative estimate of drug-likeness (QED) is 0.491. The maximum absolute atomic E-state index is 13.0. The van der Waals surface area contributed by atoms with Crippen molar-refractivity contribution in [3.8, 4) is 5.75 Å². The van der Waals surface area contributed by atoms with Crippen LogP contribution in [-0.2, 0) is 21.5 Å². The number of carbonyl (C=O) groups is 2. The number of amides is 2. The van der Waals surface area contributed by atoms with Gasteiger partial charge in [-0.2, -0.15) is 0 Å². The first-order valence-corrected chi connectivity index (χ1v) is 11.0. The Morgan fingerprint density at radius 3 is 2.55 bits per heavy atom. The highest BCUT2D eigenvalue weighted by Gasteiger charge is 2.53. The molecule has 0 saturated carbocycles. The molecule has 2 aliphatic rings. The molecule has 8 nitrogen and oxygen atoms in total. The highest BCUT2D eigenvalue weighted by atomic mass is 16.5. The fraction of sp³-hybridized carbons (Fsp3) is 0.360. The van der Waals surface area contributed by atoms with Crippen molar-refractivity contribution in [1.29, 1.82) is 0 Å². The fourth-order valence-corrected chi connectivity index (χ4v) is 4.79. The lowest BCUT2D eigenvalue weighted by atomic mass is 9.79. The molecular formula is C25H29N3O5. The number of nitrogens with one attached hydrogen (secondary N) is 1. The van der Waals surface area contributed by atoms with Gasteiger partial charge in [-0.25, -0.2) is 0 Å². The molecule has 0 fully saturated rings. The minimum Gasteiger partial charge on any atom is -0.490 e. The molecule has 2 aromatic rings. The van der Waals surface area contributed by atoms with Crippen LogP contribution in [0.3, 0.4) is 0 Å². The standard InChI is InChI=1S/C25H29N3O5/c1-27(2)14-18(30)15-33-21-9-4-3-7-19(21)25(28-22(31)10-11-23(28)32)16-26-20-8-5-6-17(12-13-29)24(20)25/h3-11,18,26,29-30H,12-16H2,1-2H3. The van der Waals surface area contributed by atoms with Crippen molar-refractivity contribution in [1.82, 2.24) is 9.80 Å². The molecule has 2 aromatic carbocycles. The van der Waals surface area contributed by atoms with Crippen molar-refractivity contribution in [2.24, 2.45) is 0 Å². The molecule has 2 heterocycles. The smallest absolute Gasteiger partial charge is 0.254 e. The predicted molar refractivity (Wildman–Crippen MR) is 124 cm³/mol. The summed E-state index contributed by atoms with van der Waals surface area (Å²) in [6.45, 7) is 0.696. The van der Waals surface area contributed by atoms with E-state index in [1.165, 1.54) is 17.1 Å². The summed E-state index contributed by atoms with van der Waals surface area (Å²) >= 11 is 0. The van der Waals surface area contributed by atoms with Gasteiger partial charge in [0.15, 0.2) is 0 Å². The molecule has 8 heteroatoms. The average Bonchev–Trinajstić information content (AvgIpc) is 3.33. The molecule has 0 aromatic heterocycles. The Morgan fingerprint density at radius 2 is 1.85 bits per heavy atom. The van der Waals surface area contributed by atoms with Crippen LogP contribution in [0.5, 0.6) is 5.75 Å². The Balaban J connectivity index is 1.86. The van der Waals surface area contributed by atoms with Gasteiger partial charge < -0.3 is 25.2 Å². The predicted octanol–water partition coefficient (Wildman–Crippen LogP) is 1.12. The summed E-state index contributed by atoms with van der Waals surface area (Å²) < 4.78 is 6.06. The van der Waals surface area contributed by atoms with Gasteiger partial charge in [-0.05, 0) is 38.2 Å². The third kappa shape index (κ3) is 4.13. The van der Waals surface area contributed by atoms with Crippen LogP contribution in [0.2, 0.25) is 0 Å². The van der Waals surface area contributed by atoms with E-state index in [1.54, 1.807) is 6.07 Å². The van der Waals surface area contributed by atoms with Crippen molar-refractivity contribution in [3.63, 3.8) is 0 Å². The van der Waals surface area contributed by atoms with Gasteiger partial charge in [0, 0.05) is 48.7 Å². The van der Waals surface area contributed by atoms with Crippen LogP contribution in [0.4, 0.5) is 5.69 Å². The van der Waals surface area contributed by atoms with Gasteiger partial charge >= 0.3 is 0 Å². The van der Waals surface area contributed by atoms with Crippen molar-refractivity contribution < 1.29 is 24.5 Å². The molecular weight excluding hydrogens is 422 g/mol. The van der Waals surface area contributed by atoms with Crippen LogP contribution >= 0.6 is 0 Å². The summed E-state index contributed by atoms with van der Waals surface area (Å²) in [6.07, 6.45) is 2.22. The van der Waals surface area contributed by atoms with Crippen LogP contribution in [0, 0.1) is 0 Å². The Kier molecular flexibility index (Phi) is 6.51. The molecule has 0 aliphatic carbocycles. The number of imide groups is 1. The van der Waals surface area contributed by atoms with E-state index < -0.39 is 23.5 Å². The van der Waals surface area contributed by atoms with E-state index in [-0.39, 0.29) is 19.8 Å². The number of likely N-dealkylation sites (N-methyl/N-ethyl adjacent to an activating group) is 1. The SMILES string of the molecule is CN(C)CC(O)COc1ccccc1C1(N2C(=O)C=CC2=O)CNc2cccc(CCO)c21. The number of aliphatic hydroxyl groups excluding tert-OH is 2. The fourth-order valence-electron chi connectivity index (χ4n) is 4.79. The van der Waals surface area contributed by atoms with Gasteiger partial charge in [-0.1, -0.05) is 30.3 Å². The van der Waals surface area contributed by atoms with Crippen molar-refractivity contribution >= 4 is 17.5 Å². The second-order valence-corrected chi connectivity index (χ2v) is 8.60. The number of benzene rings is 2. The number of carbonyl (C=O) groups excluding carboxylic acids is 2. The number of nitrogens with zero attached hydrogens (tertiary/aromatic N) is 2. The molecule has 0 saturated heterocycles. The van der Waals surface area contributed by atoms with Crippen molar-refractivity contribution in [2.75, 3.05) is 45.7 Å². The number of hydrogen-bond acceptors (Lipinski definition) is 7. The molecule has 0 bridgehead atoms. The van der Waals surface area contributed by atoms with E-state index in [0.717, 1.165) is 16.8 Å². The lowest BCUT2D eigenvalue weighted by Crippen LogP contribution is -2.52. The maximum atomic E-state index is 13.0. The zero-order valence-corrected chi connectivity index (χ0v) is 18.8. The molecule has 33 heavy (non-hydrogen) atoms. The van der Waals surface area contributed by atoms with E-state index in [9.17, 15) is 19.8 Å². The zero-order chi connectivity index (χ0) is 23.6. The lowest BCUT2D eigenvalue weighted by molar-refractivity contribution is -0.142. The van der Waals surface area contributed by atoms with E-state index in [1.807, 2.05) is 55.4 Å². The van der Waals surface area contributed by atoms with Gasteiger partial charge in [-0.3, -0.25) is 14.5 Å². The molecule has 4 rings (SSSR count). The first-order chi connectivity index (χ1) is 15.9. The third-order valence-electron chi connectivity index (χ3n) is 6.01. The highest BCUT2D eigenvalue weighted by Crippen LogP contribution is 2.50. The average molecular weight is 452 g/mol. The normalized spacial score (nSPS) is 20.3. The van der Waals surface area contributed by atoms with Gasteiger partial charge in [0.1, 0.15) is 24.0 Å². The summed E-state index contributed by atoms with van der Waals surface area (Å²) in [4.78, 5) is 29.1. The molecule has 0 radical (unpaired) electrons. The Labute approximate surface area is 193 Å². The first kappa shape index (κ1) is 23.0. The largest absolute Gasteiger partial charge is 0.490 e. The number of para-hydroxylation sites is 1. The van der Waals surface area contributed by atoms with E-state index in [4.69, 9.17) is 4.74 Å². The molecule has 2 aliphatic heterocycles. The summed E-state index contributed by atoms with van der Waals surface area (Å²) in [6, 6.07) is 13.0. The number of fused-ring (bicyclic) bond motifs is 1. The third-order valence-corrected chi connectivity index (χ3v) is 6.01. The molecule has 2 unspecified atom stereocenters. The first-order valence-electron chi connectivity index (χ1n) is 11.0. The Morgan fingerprint density at radius 1 is 1.12 bits per heavy atom. The van der Waals surface area contributed by atoms with Crippen LogP contribution < -0.4 is 10.1 Å². The summed E-state index contributed by atoms with van der Waals surface area (Å²) in [5, 5.41) is 23.4. The van der Waals surface area contributed by atoms with Crippen LogP contribution in [0.1, 0.15) is 16.7 Å². The molecule has 3 N–H and O–H groups in total. The topological polar surface area (TPSA) is 102 Å². The number of anilines is 1. The van der Waals surface area contributed by atoms with Crippen LogP contribution in [0.25, 0.3) is 0 Å². The molecule has 2 amide bonds. The summed E-state index contributed by atoms with van der Waals surface area (Å²) in [5.41, 5.74) is 1.89. The molecule has 2 atom stereocenters. The lowest BCUT2D eigenvalue weighted by Gasteiger charge is -2.39. The minimum absolute atomic E-state index is 0.0595. The Hall–Kier alpha value is -3.20. The van der Waals surface area contributed by atoms with Crippen LogP contribution in [-0.4, -0.2) is 78.3 Å². The van der Waals surface area contributed by atoms with E-state index in [0.29, 0.717) is 24.3 Å². The van der Waals surface area contributed by atoms with Gasteiger partial charge in [0.05, 0.1) is 0 Å². The minimum atomic E-state index is -1.16. The monoisotopic (exact) mass is 451 g/mol. The number of rotatable bonds is 9. The maximum Gasteiger partial charge on any atom is 0.254 e. The summed E-state index contributed by atoms with van der Waals surface area (Å²) in [7, 11) is 3.74. The second kappa shape index (κ2) is 9.35. The zero-order valence-electron chi connectivity index (χ0n) is 18.8. The summed E-state index contributed by atoms with van der Waals surface area (Å²) in [5.74, 6) is -0.331. The Bertz CT molecular complexity index is 1070. The number of hydrogen-bond donors (Lipinski definition) is 3. The van der Waals surface area contributed by atoms with E-state index >= 15 is 0 Å². The number of ether oxygens (including phenoxy) is 1. The number of aliphatic hydroxyl groups is 2. The van der Waals surface area contributed by atoms with Crippen molar-refractivity contribution in [2.45, 2.75) is 18.1 Å².